The number of hydrogen-bond acceptors (Lipinski definition) is 7. The third-order valence-corrected chi connectivity index (χ3v) is 7.87. The van der Waals surface area contributed by atoms with Crippen LogP contribution in [0.15, 0.2) is 76.6 Å². The molecule has 0 atom stereocenters. The van der Waals surface area contributed by atoms with E-state index in [4.69, 9.17) is 19.2 Å². The van der Waals surface area contributed by atoms with Gasteiger partial charge in [-0.15, -0.1) is 0 Å². The molecule has 5 rings (SSSR count). The summed E-state index contributed by atoms with van der Waals surface area (Å²) in [5.74, 6) is 1.12. The molecule has 0 unspecified atom stereocenters. The SMILES string of the molecule is CCOc1cc(/C=C2/SC(=Nc3cccc(C(=O)N4CCOCC4)c3)N(CC)C2=O)ccc1OCc1cccc(C)c1. The fourth-order valence-corrected chi connectivity index (χ4v) is 5.82. The van der Waals surface area contributed by atoms with Crippen molar-refractivity contribution in [3.8, 4) is 11.5 Å². The second-order valence-corrected chi connectivity index (χ2v) is 10.9. The van der Waals surface area contributed by atoms with Crippen LogP contribution in [0.1, 0.15) is 40.9 Å². The number of hydrogen-bond donors (Lipinski definition) is 0. The number of morpholine rings is 1. The largest absolute Gasteiger partial charge is 0.490 e. The lowest BCUT2D eigenvalue weighted by molar-refractivity contribution is -0.122. The number of nitrogens with zero attached hydrogens (tertiary/aromatic N) is 3. The summed E-state index contributed by atoms with van der Waals surface area (Å²) in [6.07, 6.45) is 1.85. The lowest BCUT2D eigenvalue weighted by Gasteiger charge is -2.26. The molecule has 2 amide bonds. The zero-order chi connectivity index (χ0) is 29.5. The van der Waals surface area contributed by atoms with E-state index in [0.717, 1.165) is 11.1 Å². The number of carbonyl (C=O) groups excluding carboxylic acids is 2. The van der Waals surface area contributed by atoms with Crippen LogP contribution in [0.3, 0.4) is 0 Å². The molecule has 3 aromatic carbocycles. The number of aliphatic imine (C=N–C) groups is 1. The molecule has 0 saturated carbocycles. The number of amidine groups is 1. The molecular formula is C33H35N3O5S. The molecule has 2 aliphatic rings. The third-order valence-electron chi connectivity index (χ3n) is 6.86. The monoisotopic (exact) mass is 585 g/mol. The molecule has 0 spiro atoms. The van der Waals surface area contributed by atoms with Crippen LogP contribution < -0.4 is 9.47 Å². The highest BCUT2D eigenvalue weighted by molar-refractivity contribution is 8.18. The first-order valence-corrected chi connectivity index (χ1v) is 15.0. The summed E-state index contributed by atoms with van der Waals surface area (Å²) in [7, 11) is 0. The van der Waals surface area contributed by atoms with Crippen LogP contribution in [-0.2, 0) is 16.1 Å². The smallest absolute Gasteiger partial charge is 0.266 e. The highest BCUT2D eigenvalue weighted by Crippen LogP contribution is 2.36. The van der Waals surface area contributed by atoms with Gasteiger partial charge in [0.05, 0.1) is 30.4 Å². The molecule has 0 aliphatic carbocycles. The number of benzene rings is 3. The molecule has 2 saturated heterocycles. The van der Waals surface area contributed by atoms with Crippen molar-refractivity contribution in [1.82, 2.24) is 9.80 Å². The van der Waals surface area contributed by atoms with Crippen LogP contribution in [0, 0.1) is 6.92 Å². The van der Waals surface area contributed by atoms with E-state index in [-0.39, 0.29) is 11.8 Å². The van der Waals surface area contributed by atoms with Crippen molar-refractivity contribution in [3.63, 3.8) is 0 Å². The van der Waals surface area contributed by atoms with Gasteiger partial charge in [0.15, 0.2) is 16.7 Å². The number of ether oxygens (including phenoxy) is 3. The second kappa shape index (κ2) is 13.7. The van der Waals surface area contributed by atoms with Crippen molar-refractivity contribution in [2.75, 3.05) is 39.5 Å². The highest BCUT2D eigenvalue weighted by atomic mass is 32.2. The molecule has 0 aromatic heterocycles. The van der Waals surface area contributed by atoms with Crippen LogP contribution in [0.2, 0.25) is 0 Å². The quantitative estimate of drug-likeness (QED) is 0.284. The Morgan fingerprint density at radius 3 is 2.57 bits per heavy atom. The average Bonchev–Trinajstić information content (AvgIpc) is 3.30. The standard InChI is InChI=1S/C33H35N3O5S/c1-4-36-32(38)30(42-33(36)34-27-11-7-10-26(21-27)31(37)35-14-16-39-17-15-35)20-24-12-13-28(29(19-24)40-5-2)41-22-25-9-6-8-23(3)18-25/h6-13,18-21H,4-5,14-17,22H2,1-3H3/b30-20+,34-33?. The van der Waals surface area contributed by atoms with Crippen LogP contribution in [0.25, 0.3) is 6.08 Å². The Labute approximate surface area is 251 Å². The van der Waals surface area contributed by atoms with Gasteiger partial charge in [-0.1, -0.05) is 42.0 Å². The van der Waals surface area contributed by atoms with Gasteiger partial charge in [-0.25, -0.2) is 4.99 Å². The van der Waals surface area contributed by atoms with Crippen molar-refractivity contribution in [2.24, 2.45) is 4.99 Å². The van der Waals surface area contributed by atoms with E-state index in [0.29, 0.717) is 78.9 Å². The summed E-state index contributed by atoms with van der Waals surface area (Å²) >= 11 is 1.32. The fourth-order valence-electron chi connectivity index (χ4n) is 4.75. The number of likely N-dealkylation sites (N-methyl/N-ethyl adjacent to an activating group) is 1. The predicted octanol–water partition coefficient (Wildman–Crippen LogP) is 6.07. The van der Waals surface area contributed by atoms with E-state index in [2.05, 4.69) is 19.1 Å². The molecule has 2 fully saturated rings. The predicted molar refractivity (Wildman–Crippen MR) is 166 cm³/mol. The normalized spacial score (nSPS) is 17.3. The lowest BCUT2D eigenvalue weighted by Crippen LogP contribution is -2.40. The molecule has 42 heavy (non-hydrogen) atoms. The molecule has 218 valence electrons. The van der Waals surface area contributed by atoms with Gasteiger partial charge in [-0.3, -0.25) is 14.5 Å². The second-order valence-electron chi connectivity index (χ2n) is 9.93. The maximum absolute atomic E-state index is 13.3. The van der Waals surface area contributed by atoms with Gasteiger partial charge in [0.1, 0.15) is 6.61 Å². The first kappa shape index (κ1) is 29.4. The third kappa shape index (κ3) is 7.03. The molecule has 2 aliphatic heterocycles. The van der Waals surface area contributed by atoms with Gasteiger partial charge in [-0.05, 0) is 80.1 Å². The molecule has 3 aromatic rings. The Morgan fingerprint density at radius 1 is 1.00 bits per heavy atom. The molecule has 0 radical (unpaired) electrons. The first-order chi connectivity index (χ1) is 20.4. The van der Waals surface area contributed by atoms with E-state index in [1.165, 1.54) is 17.3 Å². The topological polar surface area (TPSA) is 80.7 Å². The number of carbonyl (C=O) groups is 2. The van der Waals surface area contributed by atoms with Gasteiger partial charge in [0.25, 0.3) is 11.8 Å². The number of rotatable bonds is 9. The number of thioether (sulfide) groups is 1. The summed E-state index contributed by atoms with van der Waals surface area (Å²) in [5, 5.41) is 0.577. The molecule has 2 heterocycles. The van der Waals surface area contributed by atoms with Crippen LogP contribution >= 0.6 is 11.8 Å². The van der Waals surface area contributed by atoms with E-state index < -0.39 is 0 Å². The van der Waals surface area contributed by atoms with Crippen molar-refractivity contribution in [1.29, 1.82) is 0 Å². The number of aryl methyl sites for hydroxylation is 1. The summed E-state index contributed by atoms with van der Waals surface area (Å²) in [6, 6.07) is 21.1. The zero-order valence-corrected chi connectivity index (χ0v) is 25.0. The maximum Gasteiger partial charge on any atom is 0.266 e. The molecule has 0 bridgehead atoms. The van der Waals surface area contributed by atoms with E-state index >= 15 is 0 Å². The van der Waals surface area contributed by atoms with Gasteiger partial charge < -0.3 is 19.1 Å². The van der Waals surface area contributed by atoms with Crippen LogP contribution in [-0.4, -0.2) is 66.2 Å². The average molecular weight is 586 g/mol. The molecular weight excluding hydrogens is 550 g/mol. The van der Waals surface area contributed by atoms with Gasteiger partial charge in [-0.2, -0.15) is 0 Å². The Hall–Kier alpha value is -4.08. The minimum absolute atomic E-state index is 0.0418. The summed E-state index contributed by atoms with van der Waals surface area (Å²) < 4.78 is 17.3. The van der Waals surface area contributed by atoms with Gasteiger partial charge >= 0.3 is 0 Å². The van der Waals surface area contributed by atoms with Gasteiger partial charge in [0.2, 0.25) is 0 Å². The van der Waals surface area contributed by atoms with E-state index in [1.807, 2.05) is 62.4 Å². The minimum Gasteiger partial charge on any atom is -0.490 e. The van der Waals surface area contributed by atoms with Crippen molar-refractivity contribution < 1.29 is 23.8 Å². The number of amides is 2. The minimum atomic E-state index is -0.112. The summed E-state index contributed by atoms with van der Waals surface area (Å²) in [4.78, 5) is 35.0. The van der Waals surface area contributed by atoms with Crippen LogP contribution in [0.5, 0.6) is 11.5 Å². The Bertz CT molecular complexity index is 1510. The lowest BCUT2D eigenvalue weighted by atomic mass is 10.1. The summed E-state index contributed by atoms with van der Waals surface area (Å²) in [6.45, 7) is 9.54. The van der Waals surface area contributed by atoms with Crippen molar-refractivity contribution >= 4 is 40.5 Å². The summed E-state index contributed by atoms with van der Waals surface area (Å²) in [5.41, 5.74) is 4.28. The molecule has 9 heteroatoms. The van der Waals surface area contributed by atoms with E-state index in [1.54, 1.807) is 21.9 Å². The molecule has 0 N–H and O–H groups in total. The zero-order valence-electron chi connectivity index (χ0n) is 24.2. The van der Waals surface area contributed by atoms with Crippen molar-refractivity contribution in [3.05, 3.63) is 93.9 Å². The Morgan fingerprint density at radius 2 is 1.81 bits per heavy atom. The Balaban J connectivity index is 1.34. The van der Waals surface area contributed by atoms with Crippen LogP contribution in [0.4, 0.5) is 5.69 Å². The first-order valence-electron chi connectivity index (χ1n) is 14.2. The highest BCUT2D eigenvalue weighted by Gasteiger charge is 2.32. The van der Waals surface area contributed by atoms with Gasteiger partial charge in [0, 0.05) is 25.2 Å². The molecule has 8 nitrogen and oxygen atoms in total. The maximum atomic E-state index is 13.3. The van der Waals surface area contributed by atoms with E-state index in [9.17, 15) is 9.59 Å². The fraction of sp³-hybridized carbons (Fsp3) is 0.303. The Kier molecular flexibility index (Phi) is 9.61. The van der Waals surface area contributed by atoms with Crippen molar-refractivity contribution in [2.45, 2.75) is 27.4 Å².